The van der Waals surface area contributed by atoms with E-state index in [1.807, 2.05) is 0 Å². The molecule has 0 radical (unpaired) electrons. The highest BCUT2D eigenvalue weighted by Crippen LogP contribution is 2.62. The van der Waals surface area contributed by atoms with Crippen LogP contribution < -0.4 is 5.73 Å². The van der Waals surface area contributed by atoms with Gasteiger partial charge >= 0.3 is 18.0 Å². The molecule has 232 valence electrons. The van der Waals surface area contributed by atoms with Crippen molar-refractivity contribution in [3.05, 3.63) is 83.2 Å². The van der Waals surface area contributed by atoms with Crippen molar-refractivity contribution in [1.29, 1.82) is 0 Å². The molecule has 2 aromatic carbocycles. The third kappa shape index (κ3) is 4.44. The Kier molecular flexibility index (Phi) is 7.22. The van der Waals surface area contributed by atoms with E-state index in [2.05, 4.69) is 4.98 Å². The van der Waals surface area contributed by atoms with Gasteiger partial charge in [0, 0.05) is 11.6 Å². The number of hydrogen-bond donors (Lipinski definition) is 1. The molecule has 0 spiro atoms. The van der Waals surface area contributed by atoms with Crippen LogP contribution in [0.1, 0.15) is 59.4 Å². The number of nitrogens with zero attached hydrogens (tertiary/aromatic N) is 2. The molecule has 2 N–H and O–H groups in total. The number of primary amides is 1. The van der Waals surface area contributed by atoms with Gasteiger partial charge in [-0.1, -0.05) is 18.2 Å². The molecule has 43 heavy (non-hydrogen) atoms. The second kappa shape index (κ2) is 10.0. The highest BCUT2D eigenvalue weighted by Gasteiger charge is 2.73. The zero-order valence-corrected chi connectivity index (χ0v) is 23.2. The van der Waals surface area contributed by atoms with Gasteiger partial charge in [-0.25, -0.2) is 22.2 Å². The van der Waals surface area contributed by atoms with Crippen molar-refractivity contribution in [1.82, 2.24) is 9.55 Å². The number of benzene rings is 2. The molecule has 2 aliphatic carbocycles. The number of halogens is 8. The van der Waals surface area contributed by atoms with Crippen LogP contribution in [0.15, 0.2) is 59.9 Å². The molecule has 1 amide bonds. The number of nitrogens with two attached hydrogens (primary N) is 1. The molecule has 1 saturated carbocycles. The zero-order valence-electron chi connectivity index (χ0n) is 22.4. The van der Waals surface area contributed by atoms with Gasteiger partial charge in [0.2, 0.25) is 0 Å². The van der Waals surface area contributed by atoms with E-state index in [1.54, 1.807) is 6.92 Å². The predicted molar refractivity (Wildman–Crippen MR) is 137 cm³/mol. The fraction of sp³-hybridized carbons (Fsp3) is 0.429. The van der Waals surface area contributed by atoms with Gasteiger partial charge in [0.1, 0.15) is 16.3 Å². The fourth-order valence-corrected chi connectivity index (χ4v) is 9.51. The van der Waals surface area contributed by atoms with E-state index in [-0.39, 0.29) is 47.4 Å². The van der Waals surface area contributed by atoms with Crippen molar-refractivity contribution < 1.29 is 48.3 Å². The summed E-state index contributed by atoms with van der Waals surface area (Å²) in [5, 5.41) is 0. The van der Waals surface area contributed by atoms with Crippen LogP contribution >= 0.6 is 0 Å². The van der Waals surface area contributed by atoms with Crippen LogP contribution in [0.2, 0.25) is 0 Å². The Morgan fingerprint density at radius 3 is 2.23 bits per heavy atom. The molecule has 0 saturated heterocycles. The van der Waals surface area contributed by atoms with Gasteiger partial charge in [-0.3, -0.25) is 4.79 Å². The van der Waals surface area contributed by atoms with Gasteiger partial charge in [0.25, 0.3) is 5.91 Å². The molecule has 1 aromatic heterocycles. The number of aryl methyl sites for hydroxylation is 1. The number of sulfone groups is 1. The quantitative estimate of drug-likeness (QED) is 0.254. The van der Waals surface area contributed by atoms with Gasteiger partial charge in [0.15, 0.2) is 9.84 Å². The third-order valence-corrected chi connectivity index (χ3v) is 11.6. The molecule has 0 unspecified atom stereocenters. The summed E-state index contributed by atoms with van der Waals surface area (Å²) in [5.74, 6) is -2.73. The molecule has 5 rings (SSSR count). The van der Waals surface area contributed by atoms with Crippen molar-refractivity contribution in [3.8, 4) is 0 Å². The average Bonchev–Trinajstić information content (AvgIpc) is 3.57. The first-order valence-corrected chi connectivity index (χ1v) is 14.6. The number of carbonyl (C=O) groups is 1. The Hall–Kier alpha value is -3.49. The number of aromatic nitrogens is 2. The lowest BCUT2D eigenvalue weighted by atomic mass is 9.71. The van der Waals surface area contributed by atoms with Crippen LogP contribution in [0, 0.1) is 17.7 Å². The standard InChI is InChI=1S/C28H25F8N3O3S/c1-15(39-14-38-13-23(39)24(37)40)20-10-11-25(43(41,42)19-6-4-18(29)5-7-19)21-9-3-17(12-16(21)2-8-22(20)25)26(30,27(31,32)33)28(34,35)36/h3-7,9,12-15,20,22H,2,8,10-11H2,1H3,(H2,37,40)/t15-,20-,22-,25+/m0/s1. The summed E-state index contributed by atoms with van der Waals surface area (Å²) in [4.78, 5) is 15.6. The Balaban J connectivity index is 1.71. The van der Waals surface area contributed by atoms with Gasteiger partial charge in [-0.2, -0.15) is 26.3 Å². The van der Waals surface area contributed by atoms with E-state index < -0.39 is 67.8 Å². The van der Waals surface area contributed by atoms with E-state index in [0.717, 1.165) is 30.3 Å². The molecule has 2 aliphatic rings. The smallest absolute Gasteiger partial charge is 0.364 e. The van der Waals surface area contributed by atoms with E-state index >= 15 is 0 Å². The van der Waals surface area contributed by atoms with Crippen LogP contribution in [0.3, 0.4) is 0 Å². The van der Waals surface area contributed by atoms with Crippen LogP contribution in [0.5, 0.6) is 0 Å². The monoisotopic (exact) mass is 635 g/mol. The molecule has 1 heterocycles. The molecule has 1 fully saturated rings. The Bertz CT molecular complexity index is 1650. The molecule has 0 bridgehead atoms. The number of hydrogen-bond acceptors (Lipinski definition) is 4. The van der Waals surface area contributed by atoms with Gasteiger partial charge < -0.3 is 10.3 Å². The Labute approximate surface area is 240 Å². The molecular formula is C28H25F8N3O3S. The lowest BCUT2D eigenvalue weighted by molar-refractivity contribution is -0.348. The summed E-state index contributed by atoms with van der Waals surface area (Å²) >= 11 is 0. The molecule has 6 nitrogen and oxygen atoms in total. The van der Waals surface area contributed by atoms with Crippen molar-refractivity contribution in [2.24, 2.45) is 17.6 Å². The highest BCUT2D eigenvalue weighted by atomic mass is 32.2. The highest BCUT2D eigenvalue weighted by molar-refractivity contribution is 7.92. The lowest BCUT2D eigenvalue weighted by Gasteiger charge is -2.44. The van der Waals surface area contributed by atoms with Crippen LogP contribution in [0.25, 0.3) is 0 Å². The van der Waals surface area contributed by atoms with Crippen LogP contribution in [0.4, 0.5) is 35.1 Å². The average molecular weight is 636 g/mol. The van der Waals surface area contributed by atoms with E-state index in [1.165, 1.54) is 17.1 Å². The van der Waals surface area contributed by atoms with E-state index in [0.29, 0.717) is 12.1 Å². The lowest BCUT2D eigenvalue weighted by Crippen LogP contribution is -2.51. The SMILES string of the molecule is C[C@@H]([C@@H]1CC[C@@]2(S(=O)(=O)c3ccc(F)cc3)c3ccc(C(F)(C(F)(F)F)C(F)(F)F)cc3CC[C@@H]12)n1cncc1C(N)=O. The summed E-state index contributed by atoms with van der Waals surface area (Å²) in [5.41, 5.74) is -2.07. The second-order valence-electron chi connectivity index (χ2n) is 11.0. The molecule has 0 aliphatic heterocycles. The maximum Gasteiger partial charge on any atom is 0.435 e. The van der Waals surface area contributed by atoms with Crippen molar-refractivity contribution in [3.63, 3.8) is 0 Å². The van der Waals surface area contributed by atoms with Crippen LogP contribution in [-0.4, -0.2) is 36.2 Å². The first-order chi connectivity index (χ1) is 19.9. The Morgan fingerprint density at radius 1 is 1.02 bits per heavy atom. The van der Waals surface area contributed by atoms with Crippen molar-refractivity contribution in [2.45, 2.75) is 66.3 Å². The maximum atomic E-state index is 15.0. The van der Waals surface area contributed by atoms with E-state index in [9.17, 15) is 48.3 Å². The number of carbonyl (C=O) groups excluding carboxylic acids is 1. The summed E-state index contributed by atoms with van der Waals surface area (Å²) in [7, 11) is -4.48. The van der Waals surface area contributed by atoms with Crippen molar-refractivity contribution >= 4 is 15.7 Å². The predicted octanol–water partition coefficient (Wildman–Crippen LogP) is 6.31. The minimum absolute atomic E-state index is 0.00378. The molecule has 15 heteroatoms. The third-order valence-electron chi connectivity index (χ3n) is 9.01. The summed E-state index contributed by atoms with van der Waals surface area (Å²) in [6.07, 6.45) is -10.1. The van der Waals surface area contributed by atoms with E-state index in [4.69, 9.17) is 5.73 Å². The van der Waals surface area contributed by atoms with Gasteiger partial charge in [0.05, 0.1) is 17.4 Å². The number of alkyl halides is 7. The number of rotatable bonds is 6. The first kappa shape index (κ1) is 31.0. The van der Waals surface area contributed by atoms with Crippen molar-refractivity contribution in [2.75, 3.05) is 0 Å². The van der Waals surface area contributed by atoms with Gasteiger partial charge in [-0.05, 0) is 79.8 Å². The number of imidazole rings is 1. The summed E-state index contributed by atoms with van der Waals surface area (Å²) in [6.45, 7) is 1.72. The maximum absolute atomic E-state index is 15.0. The summed E-state index contributed by atoms with van der Waals surface area (Å²) in [6, 6.07) is 5.00. The molecule has 4 atom stereocenters. The molecule has 3 aromatic rings. The summed E-state index contributed by atoms with van der Waals surface area (Å²) < 4.78 is 139. The fourth-order valence-electron chi connectivity index (χ4n) is 7.03. The zero-order chi connectivity index (χ0) is 31.8. The number of fused-ring (bicyclic) bond motifs is 3. The van der Waals surface area contributed by atoms with Crippen LogP contribution in [-0.2, 0) is 26.7 Å². The minimum atomic E-state index is -6.34. The molecular weight excluding hydrogens is 610 g/mol. The minimum Gasteiger partial charge on any atom is -0.364 e. The topological polar surface area (TPSA) is 95.1 Å². The second-order valence-corrected chi connectivity index (χ2v) is 13.2. The normalized spacial score (nSPS) is 23.5. The first-order valence-electron chi connectivity index (χ1n) is 13.2. The number of amides is 1. The largest absolute Gasteiger partial charge is 0.435 e. The Morgan fingerprint density at radius 2 is 1.65 bits per heavy atom. The van der Waals surface area contributed by atoms with Gasteiger partial charge in [-0.15, -0.1) is 0 Å².